The molecule has 1 fully saturated rings. The van der Waals surface area contributed by atoms with Crippen LogP contribution in [0, 0.1) is 0 Å². The maximum atomic E-state index is 13.3. The van der Waals surface area contributed by atoms with Crippen LogP contribution in [0.2, 0.25) is 0 Å². The normalized spacial score (nSPS) is 15.1. The van der Waals surface area contributed by atoms with Gasteiger partial charge in [0.05, 0.1) is 30.5 Å². The van der Waals surface area contributed by atoms with E-state index in [4.69, 9.17) is 14.5 Å². The highest BCUT2D eigenvalue weighted by atomic mass is 32.1. The second-order valence-electron chi connectivity index (χ2n) is 6.58. The van der Waals surface area contributed by atoms with Gasteiger partial charge in [-0.2, -0.15) is 5.10 Å². The summed E-state index contributed by atoms with van der Waals surface area (Å²) in [5, 5.41) is 4.82. The van der Waals surface area contributed by atoms with Gasteiger partial charge < -0.3 is 9.47 Å². The Morgan fingerprint density at radius 3 is 2.86 bits per heavy atom. The second kappa shape index (κ2) is 8.26. The van der Waals surface area contributed by atoms with E-state index >= 15 is 0 Å². The number of anilines is 1. The molecule has 3 heterocycles. The third-order valence-electron chi connectivity index (χ3n) is 4.84. The first-order valence-corrected chi connectivity index (χ1v) is 10.0. The topological polar surface area (TPSA) is 72.7 Å². The number of carbonyl (C=O) groups is 1. The number of hydrogen-bond acceptors (Lipinski definition) is 7. The molecule has 0 saturated carbocycles. The van der Waals surface area contributed by atoms with E-state index in [0.29, 0.717) is 17.4 Å². The van der Waals surface area contributed by atoms with E-state index in [2.05, 4.69) is 10.00 Å². The Hall–Kier alpha value is -2.49. The Morgan fingerprint density at radius 1 is 1.32 bits per heavy atom. The Bertz CT molecular complexity index is 964. The Morgan fingerprint density at radius 2 is 2.14 bits per heavy atom. The van der Waals surface area contributed by atoms with Crippen molar-refractivity contribution in [1.82, 2.24) is 19.7 Å². The zero-order chi connectivity index (χ0) is 19.5. The van der Waals surface area contributed by atoms with Gasteiger partial charge in [-0.05, 0) is 18.2 Å². The van der Waals surface area contributed by atoms with Crippen molar-refractivity contribution in [3.05, 3.63) is 36.2 Å². The van der Waals surface area contributed by atoms with Gasteiger partial charge in [-0.15, -0.1) is 0 Å². The van der Waals surface area contributed by atoms with Gasteiger partial charge in [-0.25, -0.2) is 4.98 Å². The van der Waals surface area contributed by atoms with E-state index in [0.717, 1.165) is 48.8 Å². The summed E-state index contributed by atoms with van der Waals surface area (Å²) in [6.07, 6.45) is 1.64. The van der Waals surface area contributed by atoms with Crippen molar-refractivity contribution in [2.24, 2.45) is 7.05 Å². The minimum absolute atomic E-state index is 0.0979. The van der Waals surface area contributed by atoms with Crippen LogP contribution in [-0.2, 0) is 11.8 Å². The third-order valence-corrected chi connectivity index (χ3v) is 5.90. The molecule has 9 heteroatoms. The molecule has 0 bridgehead atoms. The summed E-state index contributed by atoms with van der Waals surface area (Å²) in [6, 6.07) is 7.51. The van der Waals surface area contributed by atoms with Crippen molar-refractivity contribution < 1.29 is 14.3 Å². The van der Waals surface area contributed by atoms with Crippen LogP contribution in [0.5, 0.6) is 5.75 Å². The molecule has 28 heavy (non-hydrogen) atoms. The molecule has 8 nitrogen and oxygen atoms in total. The predicted octanol–water partition coefficient (Wildman–Crippen LogP) is 2.02. The smallest absolute Gasteiger partial charge is 0.278 e. The summed E-state index contributed by atoms with van der Waals surface area (Å²) in [4.78, 5) is 22.0. The number of morpholine rings is 1. The number of methoxy groups -OCH3 is 1. The van der Waals surface area contributed by atoms with E-state index in [-0.39, 0.29) is 5.91 Å². The summed E-state index contributed by atoms with van der Waals surface area (Å²) in [5.41, 5.74) is 1.37. The van der Waals surface area contributed by atoms with Crippen LogP contribution in [0.3, 0.4) is 0 Å². The number of aryl methyl sites for hydroxylation is 1. The van der Waals surface area contributed by atoms with Crippen molar-refractivity contribution in [3.63, 3.8) is 0 Å². The van der Waals surface area contributed by atoms with Crippen LogP contribution < -0.4 is 9.64 Å². The van der Waals surface area contributed by atoms with Gasteiger partial charge in [-0.3, -0.25) is 19.3 Å². The number of fused-ring (bicyclic) bond motifs is 1. The molecule has 3 aromatic rings. The van der Waals surface area contributed by atoms with Crippen LogP contribution in [0.15, 0.2) is 30.5 Å². The van der Waals surface area contributed by atoms with Crippen molar-refractivity contribution >= 4 is 32.6 Å². The molecule has 0 radical (unpaired) electrons. The van der Waals surface area contributed by atoms with Crippen molar-refractivity contribution in [3.8, 4) is 5.75 Å². The van der Waals surface area contributed by atoms with E-state index in [1.54, 1.807) is 36.0 Å². The number of benzene rings is 1. The molecular formula is C19H23N5O3S. The van der Waals surface area contributed by atoms with Gasteiger partial charge >= 0.3 is 0 Å². The number of carbonyl (C=O) groups excluding carboxylic acids is 1. The number of aromatic nitrogens is 3. The largest absolute Gasteiger partial charge is 0.497 e. The second-order valence-corrected chi connectivity index (χ2v) is 7.59. The van der Waals surface area contributed by atoms with Crippen LogP contribution in [0.25, 0.3) is 10.2 Å². The van der Waals surface area contributed by atoms with Gasteiger partial charge in [0, 0.05) is 45.5 Å². The molecule has 1 aliphatic heterocycles. The van der Waals surface area contributed by atoms with Crippen molar-refractivity contribution in [2.45, 2.75) is 0 Å². The fourth-order valence-corrected chi connectivity index (χ4v) is 4.18. The lowest BCUT2D eigenvalue weighted by Crippen LogP contribution is -2.43. The number of thiazole rings is 1. The molecule has 2 aromatic heterocycles. The van der Waals surface area contributed by atoms with E-state index < -0.39 is 0 Å². The van der Waals surface area contributed by atoms with Gasteiger partial charge in [-0.1, -0.05) is 11.3 Å². The average Bonchev–Trinajstić information content (AvgIpc) is 3.34. The van der Waals surface area contributed by atoms with E-state index in [1.165, 1.54) is 11.3 Å². The van der Waals surface area contributed by atoms with E-state index in [9.17, 15) is 4.79 Å². The van der Waals surface area contributed by atoms with Gasteiger partial charge in [0.15, 0.2) is 5.13 Å². The molecule has 0 N–H and O–H groups in total. The van der Waals surface area contributed by atoms with Crippen LogP contribution >= 0.6 is 11.3 Å². The molecule has 1 saturated heterocycles. The molecule has 1 aromatic carbocycles. The number of ether oxygens (including phenoxy) is 2. The highest BCUT2D eigenvalue weighted by Crippen LogP contribution is 2.31. The van der Waals surface area contributed by atoms with Crippen molar-refractivity contribution in [1.29, 1.82) is 0 Å². The number of hydrogen-bond donors (Lipinski definition) is 0. The standard InChI is InChI=1S/C19H23N5O3S/c1-22-16(5-6-20-22)18(25)24(8-7-23-9-11-27-12-10-23)19-21-15-13-14(26-2)3-4-17(15)28-19/h3-6,13H,7-12H2,1-2H3. The monoisotopic (exact) mass is 401 g/mol. The fourth-order valence-electron chi connectivity index (χ4n) is 3.21. The molecule has 148 valence electrons. The molecule has 4 rings (SSSR count). The number of rotatable bonds is 6. The minimum atomic E-state index is -0.0979. The lowest BCUT2D eigenvalue weighted by Gasteiger charge is -2.29. The third kappa shape index (κ3) is 3.87. The first kappa shape index (κ1) is 18.9. The number of nitrogens with zero attached hydrogens (tertiary/aromatic N) is 5. The number of amides is 1. The predicted molar refractivity (Wildman–Crippen MR) is 108 cm³/mol. The summed E-state index contributed by atoms with van der Waals surface area (Å²) >= 11 is 1.51. The zero-order valence-electron chi connectivity index (χ0n) is 16.0. The molecule has 1 aliphatic rings. The van der Waals surface area contributed by atoms with Crippen LogP contribution in [0.1, 0.15) is 10.5 Å². The molecule has 1 amide bonds. The molecule has 0 atom stereocenters. The zero-order valence-corrected chi connectivity index (χ0v) is 16.8. The average molecular weight is 401 g/mol. The Kier molecular flexibility index (Phi) is 5.56. The highest BCUT2D eigenvalue weighted by molar-refractivity contribution is 7.22. The minimum Gasteiger partial charge on any atom is -0.497 e. The summed E-state index contributed by atoms with van der Waals surface area (Å²) in [5.74, 6) is 0.654. The molecular weight excluding hydrogens is 378 g/mol. The summed E-state index contributed by atoms with van der Waals surface area (Å²) in [6.45, 7) is 4.55. The Balaban J connectivity index is 1.63. The Labute approximate surface area is 167 Å². The van der Waals surface area contributed by atoms with Gasteiger partial charge in [0.25, 0.3) is 5.91 Å². The SMILES string of the molecule is COc1ccc2sc(N(CCN3CCOCC3)C(=O)c3ccnn3C)nc2c1. The highest BCUT2D eigenvalue weighted by Gasteiger charge is 2.24. The molecule has 0 spiro atoms. The van der Waals surface area contributed by atoms with Crippen molar-refractivity contribution in [2.75, 3.05) is 51.4 Å². The fraction of sp³-hybridized carbons (Fsp3) is 0.421. The summed E-state index contributed by atoms with van der Waals surface area (Å²) in [7, 11) is 3.41. The molecule has 0 aliphatic carbocycles. The maximum Gasteiger partial charge on any atom is 0.278 e. The first-order chi connectivity index (χ1) is 13.7. The maximum absolute atomic E-state index is 13.3. The van der Waals surface area contributed by atoms with Crippen LogP contribution in [0.4, 0.5) is 5.13 Å². The first-order valence-electron chi connectivity index (χ1n) is 9.20. The quantitative estimate of drug-likeness (QED) is 0.629. The lowest BCUT2D eigenvalue weighted by atomic mass is 10.3. The van der Waals surface area contributed by atoms with Gasteiger partial charge in [0.1, 0.15) is 11.4 Å². The summed E-state index contributed by atoms with van der Waals surface area (Å²) < 4.78 is 13.3. The lowest BCUT2D eigenvalue weighted by molar-refractivity contribution is 0.0391. The van der Waals surface area contributed by atoms with E-state index in [1.807, 2.05) is 18.2 Å². The van der Waals surface area contributed by atoms with Gasteiger partial charge in [0.2, 0.25) is 0 Å². The molecule has 0 unspecified atom stereocenters. The van der Waals surface area contributed by atoms with Crippen LogP contribution in [-0.4, -0.2) is 72.1 Å².